The molecule has 2 nitrogen and oxygen atoms in total. The van der Waals surface area contributed by atoms with Crippen LogP contribution in [0.15, 0.2) is 0 Å². The molecule has 0 aromatic rings. The molecule has 1 saturated carbocycles. The van der Waals surface area contributed by atoms with Crippen LogP contribution in [0.3, 0.4) is 0 Å². The zero-order valence-electron chi connectivity index (χ0n) is 9.50. The van der Waals surface area contributed by atoms with Gasteiger partial charge in [-0.1, -0.05) is 33.1 Å². The van der Waals surface area contributed by atoms with E-state index in [2.05, 4.69) is 13.8 Å². The summed E-state index contributed by atoms with van der Waals surface area (Å²) < 4.78 is 0. The fourth-order valence-electron chi connectivity index (χ4n) is 2.26. The zero-order valence-corrected chi connectivity index (χ0v) is 9.50. The van der Waals surface area contributed by atoms with E-state index >= 15 is 0 Å². The molecular formula is C12H24O2. The minimum absolute atomic E-state index is 0.509. The van der Waals surface area contributed by atoms with Gasteiger partial charge in [-0.3, -0.25) is 0 Å². The first-order chi connectivity index (χ1) is 6.54. The maximum atomic E-state index is 10.2. The Bertz CT molecular complexity index is 160. The van der Waals surface area contributed by atoms with E-state index in [0.717, 1.165) is 38.5 Å². The Hall–Kier alpha value is -0.0800. The van der Waals surface area contributed by atoms with Crippen LogP contribution in [0.1, 0.15) is 58.8 Å². The molecule has 0 spiro atoms. The Balaban J connectivity index is 2.36. The first-order valence-electron chi connectivity index (χ1n) is 5.95. The normalized spacial score (nSPS) is 23.8. The summed E-state index contributed by atoms with van der Waals surface area (Å²) in [5.74, 6) is 0.608. The highest BCUT2D eigenvalue weighted by Crippen LogP contribution is 2.32. The summed E-state index contributed by atoms with van der Waals surface area (Å²) in [6, 6.07) is 0. The SMILES string of the molecule is CC(C)CCC(O)C1(O)CCCCC1. The van der Waals surface area contributed by atoms with Crippen LogP contribution in [0, 0.1) is 5.92 Å². The lowest BCUT2D eigenvalue weighted by atomic mass is 9.79. The second kappa shape index (κ2) is 5.13. The summed E-state index contributed by atoms with van der Waals surface area (Å²) in [6.45, 7) is 4.30. The highest BCUT2D eigenvalue weighted by Gasteiger charge is 2.36. The van der Waals surface area contributed by atoms with Crippen LogP contribution in [0.5, 0.6) is 0 Å². The average Bonchev–Trinajstić information content (AvgIpc) is 2.15. The molecule has 14 heavy (non-hydrogen) atoms. The van der Waals surface area contributed by atoms with Gasteiger partial charge in [-0.2, -0.15) is 0 Å². The highest BCUT2D eigenvalue weighted by atomic mass is 16.3. The molecule has 2 heteroatoms. The second-order valence-electron chi connectivity index (χ2n) is 5.15. The zero-order chi connectivity index (χ0) is 10.6. The largest absolute Gasteiger partial charge is 0.390 e. The first kappa shape index (κ1) is 12.0. The van der Waals surface area contributed by atoms with Crippen LogP contribution in [-0.4, -0.2) is 21.9 Å². The van der Waals surface area contributed by atoms with Crippen molar-refractivity contribution in [1.82, 2.24) is 0 Å². The first-order valence-corrected chi connectivity index (χ1v) is 5.95. The van der Waals surface area contributed by atoms with Crippen molar-refractivity contribution in [3.63, 3.8) is 0 Å². The molecule has 0 radical (unpaired) electrons. The lowest BCUT2D eigenvalue weighted by Gasteiger charge is -2.36. The molecule has 0 saturated heterocycles. The molecule has 2 N–H and O–H groups in total. The van der Waals surface area contributed by atoms with E-state index in [1.165, 1.54) is 6.42 Å². The van der Waals surface area contributed by atoms with Crippen LogP contribution in [0.4, 0.5) is 0 Å². The van der Waals surface area contributed by atoms with E-state index in [9.17, 15) is 10.2 Å². The van der Waals surface area contributed by atoms with Gasteiger partial charge in [0.05, 0.1) is 11.7 Å². The molecule has 0 aromatic heterocycles. The summed E-state index contributed by atoms with van der Waals surface area (Å²) >= 11 is 0. The van der Waals surface area contributed by atoms with Gasteiger partial charge >= 0.3 is 0 Å². The predicted molar refractivity (Wildman–Crippen MR) is 58.1 cm³/mol. The number of hydrogen-bond acceptors (Lipinski definition) is 2. The van der Waals surface area contributed by atoms with Crippen molar-refractivity contribution in [2.24, 2.45) is 5.92 Å². The summed E-state index contributed by atoms with van der Waals surface area (Å²) in [5.41, 5.74) is -0.771. The fraction of sp³-hybridized carbons (Fsp3) is 1.00. The maximum absolute atomic E-state index is 10.2. The maximum Gasteiger partial charge on any atom is 0.0905 e. The van der Waals surface area contributed by atoms with Crippen molar-refractivity contribution < 1.29 is 10.2 Å². The Morgan fingerprint density at radius 3 is 2.14 bits per heavy atom. The van der Waals surface area contributed by atoms with Crippen molar-refractivity contribution in [1.29, 1.82) is 0 Å². The lowest BCUT2D eigenvalue weighted by Crippen LogP contribution is -2.44. The Morgan fingerprint density at radius 1 is 1.07 bits per heavy atom. The number of hydrogen-bond donors (Lipinski definition) is 2. The molecule has 0 heterocycles. The molecule has 1 aliphatic rings. The monoisotopic (exact) mass is 200 g/mol. The predicted octanol–water partition coefficient (Wildman–Crippen LogP) is 2.48. The summed E-state index contributed by atoms with van der Waals surface area (Å²) in [4.78, 5) is 0. The third-order valence-corrected chi connectivity index (χ3v) is 3.36. The Kier molecular flexibility index (Phi) is 4.39. The number of aliphatic hydroxyl groups excluding tert-OH is 1. The van der Waals surface area contributed by atoms with E-state index in [4.69, 9.17) is 0 Å². The average molecular weight is 200 g/mol. The molecule has 0 bridgehead atoms. The van der Waals surface area contributed by atoms with Gasteiger partial charge in [-0.25, -0.2) is 0 Å². The number of rotatable bonds is 4. The Labute approximate surface area is 87.3 Å². The van der Waals surface area contributed by atoms with Crippen LogP contribution in [0.2, 0.25) is 0 Å². The standard InChI is InChI=1S/C12H24O2/c1-10(2)6-7-11(13)12(14)8-4-3-5-9-12/h10-11,13-14H,3-9H2,1-2H3. The van der Waals surface area contributed by atoms with Gasteiger partial charge in [0.15, 0.2) is 0 Å². The van der Waals surface area contributed by atoms with Gasteiger partial charge in [0.2, 0.25) is 0 Å². The summed E-state index contributed by atoms with van der Waals surface area (Å²) in [6.07, 6.45) is 6.14. The summed E-state index contributed by atoms with van der Waals surface area (Å²) in [7, 11) is 0. The van der Waals surface area contributed by atoms with Crippen LogP contribution in [-0.2, 0) is 0 Å². The molecule has 1 atom stereocenters. The van der Waals surface area contributed by atoms with Crippen molar-refractivity contribution in [2.75, 3.05) is 0 Å². The fourth-order valence-corrected chi connectivity index (χ4v) is 2.26. The van der Waals surface area contributed by atoms with Crippen molar-refractivity contribution in [2.45, 2.75) is 70.5 Å². The molecule has 1 aliphatic carbocycles. The molecular weight excluding hydrogens is 176 g/mol. The molecule has 1 fully saturated rings. The van der Waals surface area contributed by atoms with Crippen LogP contribution >= 0.6 is 0 Å². The third-order valence-electron chi connectivity index (χ3n) is 3.36. The van der Waals surface area contributed by atoms with Crippen molar-refractivity contribution in [3.8, 4) is 0 Å². The molecule has 0 aliphatic heterocycles. The van der Waals surface area contributed by atoms with Crippen molar-refractivity contribution in [3.05, 3.63) is 0 Å². The minimum atomic E-state index is -0.771. The Morgan fingerprint density at radius 2 is 1.64 bits per heavy atom. The lowest BCUT2D eigenvalue weighted by molar-refractivity contribution is -0.101. The van der Waals surface area contributed by atoms with E-state index < -0.39 is 11.7 Å². The quantitative estimate of drug-likeness (QED) is 0.732. The number of aliphatic hydroxyl groups is 2. The van der Waals surface area contributed by atoms with E-state index in [1.54, 1.807) is 0 Å². The smallest absolute Gasteiger partial charge is 0.0905 e. The van der Waals surface area contributed by atoms with Crippen LogP contribution < -0.4 is 0 Å². The highest BCUT2D eigenvalue weighted by molar-refractivity contribution is 4.89. The van der Waals surface area contributed by atoms with Gasteiger partial charge in [0, 0.05) is 0 Å². The van der Waals surface area contributed by atoms with E-state index in [-0.39, 0.29) is 0 Å². The molecule has 84 valence electrons. The third kappa shape index (κ3) is 3.25. The van der Waals surface area contributed by atoms with Crippen molar-refractivity contribution >= 4 is 0 Å². The van der Waals surface area contributed by atoms with E-state index in [0.29, 0.717) is 5.92 Å². The van der Waals surface area contributed by atoms with E-state index in [1.807, 2.05) is 0 Å². The van der Waals surface area contributed by atoms with Gasteiger partial charge in [0.25, 0.3) is 0 Å². The molecule has 0 aromatic carbocycles. The second-order valence-corrected chi connectivity index (χ2v) is 5.15. The van der Waals surface area contributed by atoms with Gasteiger partial charge in [-0.15, -0.1) is 0 Å². The van der Waals surface area contributed by atoms with Gasteiger partial charge < -0.3 is 10.2 Å². The van der Waals surface area contributed by atoms with Crippen LogP contribution in [0.25, 0.3) is 0 Å². The van der Waals surface area contributed by atoms with Gasteiger partial charge in [-0.05, 0) is 31.6 Å². The van der Waals surface area contributed by atoms with Gasteiger partial charge in [0.1, 0.15) is 0 Å². The molecule has 0 amide bonds. The molecule has 1 rings (SSSR count). The molecule has 1 unspecified atom stereocenters. The minimum Gasteiger partial charge on any atom is -0.390 e. The summed E-state index contributed by atoms with van der Waals surface area (Å²) in [5, 5.41) is 20.1. The topological polar surface area (TPSA) is 40.5 Å².